The summed E-state index contributed by atoms with van der Waals surface area (Å²) in [5.74, 6) is -0.00332. The number of benzene rings is 2. The Hall–Kier alpha value is -2.10. The molecule has 1 heterocycles. The maximum Gasteiger partial charge on any atom is 0.268 e. The third-order valence-electron chi connectivity index (χ3n) is 3.39. The maximum absolute atomic E-state index is 12.6. The first kappa shape index (κ1) is 14.8. The lowest BCUT2D eigenvalue weighted by atomic mass is 10.2. The van der Waals surface area contributed by atoms with Crippen molar-refractivity contribution in [1.29, 1.82) is 0 Å². The first-order valence-corrected chi connectivity index (χ1v) is 8.03. The number of rotatable bonds is 3. The van der Waals surface area contributed by atoms with Gasteiger partial charge in [0.05, 0.1) is 4.88 Å². The maximum atomic E-state index is 12.6. The Labute approximate surface area is 138 Å². The monoisotopic (exact) mass is 327 g/mol. The Morgan fingerprint density at radius 2 is 1.64 bits per heavy atom. The SMILES string of the molecule is CN(C(=O)c1ccc(-c2ccc(Cl)cc2)s1)c1ccccc1. The molecule has 3 rings (SSSR count). The van der Waals surface area contributed by atoms with E-state index in [1.54, 1.807) is 11.9 Å². The molecule has 0 radical (unpaired) electrons. The van der Waals surface area contributed by atoms with E-state index in [4.69, 9.17) is 11.6 Å². The minimum Gasteiger partial charge on any atom is -0.311 e. The first-order valence-electron chi connectivity index (χ1n) is 6.84. The van der Waals surface area contributed by atoms with E-state index in [-0.39, 0.29) is 5.91 Å². The topological polar surface area (TPSA) is 20.3 Å². The van der Waals surface area contributed by atoms with Gasteiger partial charge in [-0.25, -0.2) is 0 Å². The van der Waals surface area contributed by atoms with Crippen molar-refractivity contribution >= 4 is 34.5 Å². The summed E-state index contributed by atoms with van der Waals surface area (Å²) in [5.41, 5.74) is 1.95. The lowest BCUT2D eigenvalue weighted by molar-refractivity contribution is 0.0997. The number of hydrogen-bond donors (Lipinski definition) is 0. The average molecular weight is 328 g/mol. The number of nitrogens with zero attached hydrogens (tertiary/aromatic N) is 1. The number of amides is 1. The number of thiophene rings is 1. The molecule has 3 aromatic rings. The van der Waals surface area contributed by atoms with Gasteiger partial charge in [-0.1, -0.05) is 41.9 Å². The fourth-order valence-electron chi connectivity index (χ4n) is 2.16. The van der Waals surface area contributed by atoms with Crippen LogP contribution in [0.15, 0.2) is 66.7 Å². The van der Waals surface area contributed by atoms with Gasteiger partial charge in [-0.05, 0) is 42.0 Å². The summed E-state index contributed by atoms with van der Waals surface area (Å²) in [6.45, 7) is 0. The quantitative estimate of drug-likeness (QED) is 0.635. The minimum absolute atomic E-state index is 0.00332. The highest BCUT2D eigenvalue weighted by molar-refractivity contribution is 7.17. The van der Waals surface area contributed by atoms with Gasteiger partial charge in [0.2, 0.25) is 0 Å². The van der Waals surface area contributed by atoms with Crippen LogP contribution in [0.4, 0.5) is 5.69 Å². The fraction of sp³-hybridized carbons (Fsp3) is 0.0556. The molecule has 1 aromatic heterocycles. The summed E-state index contributed by atoms with van der Waals surface area (Å²) in [6.07, 6.45) is 0. The van der Waals surface area contributed by atoms with Gasteiger partial charge in [0.15, 0.2) is 0 Å². The molecule has 110 valence electrons. The van der Waals surface area contributed by atoms with E-state index in [9.17, 15) is 4.79 Å². The van der Waals surface area contributed by atoms with Crippen LogP contribution in [0.3, 0.4) is 0 Å². The first-order chi connectivity index (χ1) is 10.6. The highest BCUT2D eigenvalue weighted by Crippen LogP contribution is 2.30. The van der Waals surface area contributed by atoms with E-state index >= 15 is 0 Å². The molecule has 22 heavy (non-hydrogen) atoms. The molecule has 0 aliphatic rings. The van der Waals surface area contributed by atoms with E-state index in [1.165, 1.54) is 11.3 Å². The summed E-state index contributed by atoms with van der Waals surface area (Å²) >= 11 is 7.40. The van der Waals surface area contributed by atoms with Gasteiger partial charge >= 0.3 is 0 Å². The second-order valence-electron chi connectivity index (χ2n) is 4.87. The van der Waals surface area contributed by atoms with Crippen molar-refractivity contribution in [2.45, 2.75) is 0 Å². The number of halogens is 1. The Kier molecular flexibility index (Phi) is 4.27. The van der Waals surface area contributed by atoms with Crippen LogP contribution >= 0.6 is 22.9 Å². The molecule has 0 spiro atoms. The second-order valence-corrected chi connectivity index (χ2v) is 6.39. The summed E-state index contributed by atoms with van der Waals surface area (Å²) in [5, 5.41) is 0.709. The smallest absolute Gasteiger partial charge is 0.268 e. The van der Waals surface area contributed by atoms with Gasteiger partial charge in [0.25, 0.3) is 5.91 Å². The standard InChI is InChI=1S/C18H14ClNOS/c1-20(15-5-3-2-4-6-15)18(21)17-12-11-16(22-17)13-7-9-14(19)10-8-13/h2-12H,1H3. The molecule has 0 unspecified atom stereocenters. The predicted octanol–water partition coefficient (Wildman–Crippen LogP) is 5.35. The fourth-order valence-corrected chi connectivity index (χ4v) is 3.27. The molecule has 0 saturated heterocycles. The lowest BCUT2D eigenvalue weighted by Gasteiger charge is -2.16. The van der Waals surface area contributed by atoms with Crippen LogP contribution in [0.5, 0.6) is 0 Å². The molecule has 0 atom stereocenters. The summed E-state index contributed by atoms with van der Waals surface area (Å²) < 4.78 is 0. The van der Waals surface area contributed by atoms with E-state index < -0.39 is 0 Å². The third kappa shape index (κ3) is 3.06. The zero-order chi connectivity index (χ0) is 15.5. The van der Waals surface area contributed by atoms with Crippen molar-refractivity contribution in [1.82, 2.24) is 0 Å². The van der Waals surface area contributed by atoms with Crippen LogP contribution < -0.4 is 4.90 Å². The summed E-state index contributed by atoms with van der Waals surface area (Å²) in [7, 11) is 1.79. The van der Waals surface area contributed by atoms with Crippen LogP contribution in [-0.2, 0) is 0 Å². The van der Waals surface area contributed by atoms with Gasteiger partial charge in [-0.15, -0.1) is 11.3 Å². The highest BCUT2D eigenvalue weighted by Gasteiger charge is 2.16. The third-order valence-corrected chi connectivity index (χ3v) is 4.77. The van der Waals surface area contributed by atoms with Gasteiger partial charge in [0, 0.05) is 22.6 Å². The normalized spacial score (nSPS) is 10.5. The largest absolute Gasteiger partial charge is 0.311 e. The summed E-state index contributed by atoms with van der Waals surface area (Å²) in [6, 6.07) is 21.1. The Morgan fingerprint density at radius 1 is 0.955 bits per heavy atom. The number of hydrogen-bond acceptors (Lipinski definition) is 2. The second kappa shape index (κ2) is 6.34. The van der Waals surface area contributed by atoms with Crippen molar-refractivity contribution in [2.75, 3.05) is 11.9 Å². The van der Waals surface area contributed by atoms with Crippen molar-refractivity contribution in [2.24, 2.45) is 0 Å². The molecule has 0 N–H and O–H groups in total. The minimum atomic E-state index is -0.00332. The molecule has 0 aliphatic heterocycles. The molecule has 4 heteroatoms. The molecule has 0 bridgehead atoms. The van der Waals surface area contributed by atoms with Crippen LogP contribution in [0.1, 0.15) is 9.67 Å². The Balaban J connectivity index is 1.84. The Morgan fingerprint density at radius 3 is 2.32 bits per heavy atom. The molecule has 2 aromatic carbocycles. The van der Waals surface area contributed by atoms with Gasteiger partial charge in [0.1, 0.15) is 0 Å². The van der Waals surface area contributed by atoms with E-state index in [0.29, 0.717) is 5.02 Å². The molecule has 0 fully saturated rings. The number of carbonyl (C=O) groups is 1. The molecular formula is C18H14ClNOS. The van der Waals surface area contributed by atoms with Crippen molar-refractivity contribution in [3.63, 3.8) is 0 Å². The Bertz CT molecular complexity index is 780. The molecular weight excluding hydrogens is 314 g/mol. The molecule has 0 aliphatic carbocycles. The average Bonchev–Trinajstić information content (AvgIpc) is 3.05. The van der Waals surface area contributed by atoms with E-state index in [0.717, 1.165) is 21.0 Å². The van der Waals surface area contributed by atoms with Crippen LogP contribution in [0.2, 0.25) is 5.02 Å². The van der Waals surface area contributed by atoms with Crippen molar-refractivity contribution in [3.05, 3.63) is 76.6 Å². The van der Waals surface area contributed by atoms with Crippen LogP contribution in [0, 0.1) is 0 Å². The molecule has 0 saturated carbocycles. The van der Waals surface area contributed by atoms with Gasteiger partial charge in [-0.3, -0.25) is 4.79 Å². The van der Waals surface area contributed by atoms with E-state index in [2.05, 4.69) is 0 Å². The van der Waals surface area contributed by atoms with Gasteiger partial charge in [-0.2, -0.15) is 0 Å². The zero-order valence-corrected chi connectivity index (χ0v) is 13.6. The zero-order valence-electron chi connectivity index (χ0n) is 12.0. The predicted molar refractivity (Wildman–Crippen MR) is 93.9 cm³/mol. The van der Waals surface area contributed by atoms with Crippen LogP contribution in [-0.4, -0.2) is 13.0 Å². The molecule has 2 nitrogen and oxygen atoms in total. The van der Waals surface area contributed by atoms with Gasteiger partial charge < -0.3 is 4.90 Å². The molecule has 1 amide bonds. The number of para-hydroxylation sites is 1. The highest BCUT2D eigenvalue weighted by atomic mass is 35.5. The van der Waals surface area contributed by atoms with Crippen molar-refractivity contribution < 1.29 is 4.79 Å². The van der Waals surface area contributed by atoms with E-state index in [1.807, 2.05) is 66.7 Å². The number of carbonyl (C=O) groups excluding carboxylic acids is 1. The van der Waals surface area contributed by atoms with Crippen LogP contribution in [0.25, 0.3) is 10.4 Å². The lowest BCUT2D eigenvalue weighted by Crippen LogP contribution is -2.25. The van der Waals surface area contributed by atoms with Crippen molar-refractivity contribution in [3.8, 4) is 10.4 Å². The summed E-state index contributed by atoms with van der Waals surface area (Å²) in [4.78, 5) is 16.0. The number of anilines is 1.